The Morgan fingerprint density at radius 1 is 0.293 bits per heavy atom. The van der Waals surface area contributed by atoms with Crippen molar-refractivity contribution in [3.05, 3.63) is 206 Å². The molecule has 0 fully saturated rings. The van der Waals surface area contributed by atoms with Crippen LogP contribution in [0.15, 0.2) is 206 Å². The largest absolute Gasteiger partial charge is 0.453 e. The van der Waals surface area contributed by atoms with E-state index in [1.807, 2.05) is 97.1 Å². The number of aromatic nitrogens is 2. The lowest BCUT2D eigenvalue weighted by atomic mass is 10.0. The smallest absolute Gasteiger partial charge is 0.160 e. The molecule has 0 bridgehead atoms. The maximum absolute atomic E-state index is 6.46. The molecule has 6 heteroatoms. The standard InChI is InChI=1S/C52H34N4O2/c1-3-15-35(16-4-1)36-27-29-38(30-28-36)52-53-42(37-17-5-2-6-18-37)34-43(54-52)39-31-40(55-44-19-7-11-23-48(44)57-49-24-12-8-20-45(49)55)33-41(32-39)56-46-21-9-13-25-50(46)58-51-26-14-10-22-47(51)56/h1-34H. The van der Waals surface area contributed by atoms with Crippen molar-refractivity contribution in [1.29, 1.82) is 0 Å². The highest BCUT2D eigenvalue weighted by Gasteiger charge is 2.30. The Morgan fingerprint density at radius 2 is 0.655 bits per heavy atom. The summed E-state index contributed by atoms with van der Waals surface area (Å²) in [5.41, 5.74) is 12.5. The van der Waals surface area contributed by atoms with Gasteiger partial charge in [0, 0.05) is 28.1 Å². The predicted octanol–water partition coefficient (Wildman–Crippen LogP) is 14.3. The highest BCUT2D eigenvalue weighted by atomic mass is 16.5. The number of fused-ring (bicyclic) bond motifs is 4. The fourth-order valence-corrected chi connectivity index (χ4v) is 7.89. The van der Waals surface area contributed by atoms with Gasteiger partial charge in [-0.2, -0.15) is 0 Å². The van der Waals surface area contributed by atoms with Crippen LogP contribution in [0.1, 0.15) is 0 Å². The van der Waals surface area contributed by atoms with Crippen LogP contribution >= 0.6 is 0 Å². The van der Waals surface area contributed by atoms with Crippen molar-refractivity contribution >= 4 is 34.1 Å². The zero-order valence-corrected chi connectivity index (χ0v) is 31.2. The van der Waals surface area contributed by atoms with Crippen LogP contribution in [0, 0.1) is 0 Å². The zero-order valence-electron chi connectivity index (χ0n) is 31.2. The SMILES string of the molecule is c1ccc(-c2ccc(-c3nc(-c4ccccc4)cc(-c4cc(N5c6ccccc6Oc6ccccc65)cc(N5c6ccccc6Oc6ccccc65)c4)n3)cc2)cc1. The van der Waals surface area contributed by atoms with Gasteiger partial charge in [0.1, 0.15) is 0 Å². The maximum Gasteiger partial charge on any atom is 0.160 e. The lowest BCUT2D eigenvalue weighted by Crippen LogP contribution is -2.18. The van der Waals surface area contributed by atoms with Gasteiger partial charge in [-0.25, -0.2) is 9.97 Å². The lowest BCUT2D eigenvalue weighted by molar-refractivity contribution is 0.477. The fourth-order valence-electron chi connectivity index (χ4n) is 7.89. The number of rotatable bonds is 6. The minimum Gasteiger partial charge on any atom is -0.453 e. The Morgan fingerprint density at radius 3 is 1.12 bits per heavy atom. The van der Waals surface area contributed by atoms with Crippen LogP contribution < -0.4 is 19.3 Å². The summed E-state index contributed by atoms with van der Waals surface area (Å²) in [4.78, 5) is 15.1. The first kappa shape index (κ1) is 33.4. The van der Waals surface area contributed by atoms with Gasteiger partial charge < -0.3 is 19.3 Å². The van der Waals surface area contributed by atoms with Crippen LogP contribution in [-0.4, -0.2) is 9.97 Å². The molecule has 2 aliphatic heterocycles. The lowest BCUT2D eigenvalue weighted by Gasteiger charge is -2.36. The van der Waals surface area contributed by atoms with Crippen LogP contribution in [0.5, 0.6) is 23.0 Å². The van der Waals surface area contributed by atoms with Crippen molar-refractivity contribution in [2.45, 2.75) is 0 Å². The van der Waals surface area contributed by atoms with Crippen LogP contribution in [-0.2, 0) is 0 Å². The molecule has 0 aliphatic carbocycles. The summed E-state index contributed by atoms with van der Waals surface area (Å²) in [5, 5.41) is 0. The second-order valence-corrected chi connectivity index (χ2v) is 14.3. The number of nitrogens with zero attached hydrogens (tertiary/aromatic N) is 4. The first-order valence-corrected chi connectivity index (χ1v) is 19.3. The number of ether oxygens (including phenoxy) is 2. The number of benzene rings is 8. The van der Waals surface area contributed by atoms with Crippen molar-refractivity contribution in [3.63, 3.8) is 0 Å². The predicted molar refractivity (Wildman–Crippen MR) is 233 cm³/mol. The number of anilines is 6. The van der Waals surface area contributed by atoms with Crippen molar-refractivity contribution in [2.75, 3.05) is 9.80 Å². The minimum atomic E-state index is 0.645. The quantitative estimate of drug-likeness (QED) is 0.169. The third-order valence-electron chi connectivity index (χ3n) is 10.6. The first-order chi connectivity index (χ1) is 28.7. The van der Waals surface area contributed by atoms with E-state index < -0.39 is 0 Å². The molecule has 1 aromatic heterocycles. The molecule has 11 rings (SSSR count). The molecule has 0 amide bonds. The number of para-hydroxylation sites is 8. The number of hydrogen-bond acceptors (Lipinski definition) is 6. The van der Waals surface area contributed by atoms with Gasteiger partial charge in [-0.05, 0) is 83.9 Å². The average Bonchev–Trinajstić information content (AvgIpc) is 3.30. The van der Waals surface area contributed by atoms with Gasteiger partial charge in [0.15, 0.2) is 28.8 Å². The van der Waals surface area contributed by atoms with Gasteiger partial charge >= 0.3 is 0 Å². The first-order valence-electron chi connectivity index (χ1n) is 19.3. The summed E-state index contributed by atoms with van der Waals surface area (Å²) in [5.74, 6) is 3.77. The Balaban J connectivity index is 1.15. The molecule has 8 aromatic carbocycles. The number of hydrogen-bond donors (Lipinski definition) is 0. The molecule has 274 valence electrons. The van der Waals surface area contributed by atoms with Crippen LogP contribution in [0.2, 0.25) is 0 Å². The van der Waals surface area contributed by atoms with Gasteiger partial charge in [-0.15, -0.1) is 0 Å². The Bertz CT molecular complexity index is 2760. The van der Waals surface area contributed by atoms with E-state index in [4.69, 9.17) is 19.4 Å². The highest BCUT2D eigenvalue weighted by molar-refractivity contribution is 5.93. The van der Waals surface area contributed by atoms with Crippen molar-refractivity contribution < 1.29 is 9.47 Å². The monoisotopic (exact) mass is 746 g/mol. The average molecular weight is 747 g/mol. The van der Waals surface area contributed by atoms with E-state index in [1.165, 1.54) is 0 Å². The van der Waals surface area contributed by atoms with Crippen molar-refractivity contribution in [3.8, 4) is 68.0 Å². The molecule has 9 aromatic rings. The molecule has 0 unspecified atom stereocenters. The molecular weight excluding hydrogens is 713 g/mol. The molecule has 2 aliphatic rings. The van der Waals surface area contributed by atoms with E-state index in [-0.39, 0.29) is 0 Å². The summed E-state index contributed by atoms with van der Waals surface area (Å²) >= 11 is 0. The maximum atomic E-state index is 6.46. The summed E-state index contributed by atoms with van der Waals surface area (Å²) in [6, 6.07) is 70.7. The molecule has 0 saturated carbocycles. The Kier molecular flexibility index (Phi) is 8.04. The molecule has 3 heterocycles. The van der Waals surface area contributed by atoms with Crippen molar-refractivity contribution in [1.82, 2.24) is 9.97 Å². The molecule has 6 nitrogen and oxygen atoms in total. The van der Waals surface area contributed by atoms with E-state index in [2.05, 4.69) is 119 Å². The summed E-state index contributed by atoms with van der Waals surface area (Å²) in [6.45, 7) is 0. The van der Waals surface area contributed by atoms with Crippen LogP contribution in [0.25, 0.3) is 45.0 Å². The third kappa shape index (κ3) is 5.92. The van der Waals surface area contributed by atoms with Crippen LogP contribution in [0.4, 0.5) is 34.1 Å². The van der Waals surface area contributed by atoms with Gasteiger partial charge in [0.2, 0.25) is 0 Å². The third-order valence-corrected chi connectivity index (χ3v) is 10.6. The topological polar surface area (TPSA) is 50.7 Å². The Hall–Kier alpha value is -7.96. The van der Waals surface area contributed by atoms with Gasteiger partial charge in [-0.3, -0.25) is 0 Å². The van der Waals surface area contributed by atoms with E-state index in [0.717, 1.165) is 96.3 Å². The van der Waals surface area contributed by atoms with E-state index in [0.29, 0.717) is 5.82 Å². The zero-order chi connectivity index (χ0) is 38.4. The molecule has 0 N–H and O–H groups in total. The van der Waals surface area contributed by atoms with Gasteiger partial charge in [-0.1, -0.05) is 133 Å². The normalized spacial score (nSPS) is 12.3. The second kappa shape index (κ2) is 14.0. The molecule has 0 saturated heterocycles. The highest BCUT2D eigenvalue weighted by Crippen LogP contribution is 2.54. The Labute approximate surface area is 336 Å². The molecule has 0 spiro atoms. The summed E-state index contributed by atoms with van der Waals surface area (Å²) in [6.07, 6.45) is 0. The van der Waals surface area contributed by atoms with Gasteiger partial charge in [0.25, 0.3) is 0 Å². The minimum absolute atomic E-state index is 0.645. The summed E-state index contributed by atoms with van der Waals surface area (Å²) < 4.78 is 12.9. The fraction of sp³-hybridized carbons (Fsp3) is 0. The van der Waals surface area contributed by atoms with Gasteiger partial charge in [0.05, 0.1) is 34.1 Å². The molecular formula is C52H34N4O2. The van der Waals surface area contributed by atoms with E-state index >= 15 is 0 Å². The van der Waals surface area contributed by atoms with Crippen molar-refractivity contribution in [2.24, 2.45) is 0 Å². The van der Waals surface area contributed by atoms with E-state index in [1.54, 1.807) is 0 Å². The second-order valence-electron chi connectivity index (χ2n) is 14.3. The molecule has 0 atom stereocenters. The van der Waals surface area contributed by atoms with E-state index in [9.17, 15) is 0 Å². The van der Waals surface area contributed by atoms with Crippen LogP contribution in [0.3, 0.4) is 0 Å². The summed E-state index contributed by atoms with van der Waals surface area (Å²) in [7, 11) is 0. The molecule has 58 heavy (non-hydrogen) atoms. The molecule has 0 radical (unpaired) electrons.